The van der Waals surface area contributed by atoms with E-state index in [-0.39, 0.29) is 4.90 Å². The summed E-state index contributed by atoms with van der Waals surface area (Å²) in [6, 6.07) is 11.2. The molecule has 3 aromatic rings. The topological polar surface area (TPSA) is 90.7 Å². The van der Waals surface area contributed by atoms with Crippen LogP contribution in [0.3, 0.4) is 0 Å². The van der Waals surface area contributed by atoms with Crippen LogP contribution in [0.25, 0.3) is 11.3 Å². The molecule has 1 N–H and O–H groups in total. The van der Waals surface area contributed by atoms with E-state index in [4.69, 9.17) is 13.9 Å². The van der Waals surface area contributed by atoms with Gasteiger partial charge >= 0.3 is 0 Å². The van der Waals surface area contributed by atoms with Crippen LogP contribution in [0.4, 0.5) is 5.69 Å². The van der Waals surface area contributed by atoms with Crippen LogP contribution in [0.5, 0.6) is 11.5 Å². The normalized spacial score (nSPS) is 11.2. The number of rotatable bonds is 6. The van der Waals surface area contributed by atoms with Gasteiger partial charge in [-0.25, -0.2) is 13.4 Å². The molecule has 0 atom stereocenters. The fourth-order valence-corrected chi connectivity index (χ4v) is 3.42. The zero-order valence-corrected chi connectivity index (χ0v) is 15.3. The Balaban J connectivity index is 1.86. The van der Waals surface area contributed by atoms with E-state index in [9.17, 15) is 8.42 Å². The summed E-state index contributed by atoms with van der Waals surface area (Å²) >= 11 is 0. The molecule has 8 heteroatoms. The van der Waals surface area contributed by atoms with Crippen molar-refractivity contribution in [2.75, 3.05) is 18.9 Å². The maximum Gasteiger partial charge on any atom is 0.261 e. The van der Waals surface area contributed by atoms with Gasteiger partial charge in [0.2, 0.25) is 0 Å². The Kier molecular flexibility index (Phi) is 4.85. The summed E-state index contributed by atoms with van der Waals surface area (Å²) in [6.07, 6.45) is 1.53. The van der Waals surface area contributed by atoms with Crippen molar-refractivity contribution < 1.29 is 22.3 Å². The summed E-state index contributed by atoms with van der Waals surface area (Å²) in [7, 11) is -0.767. The van der Waals surface area contributed by atoms with E-state index in [0.717, 1.165) is 5.56 Å². The number of sulfonamides is 1. The van der Waals surface area contributed by atoms with Crippen LogP contribution < -0.4 is 14.2 Å². The lowest BCUT2D eigenvalue weighted by Gasteiger charge is -2.11. The molecule has 0 radical (unpaired) electrons. The standard InChI is InChI=1S/C18H18N2O5S/c1-12-19-18(11-25-12)13-4-6-17(7-5-13)26(21,22)20-14-8-15(23-2)10-16(9-14)24-3/h4-11,20H,1-3H3. The molecular formula is C18H18N2O5S. The van der Waals surface area contributed by atoms with Crippen molar-refractivity contribution >= 4 is 15.7 Å². The fourth-order valence-electron chi connectivity index (χ4n) is 2.38. The number of oxazole rings is 1. The number of nitrogens with zero attached hydrogens (tertiary/aromatic N) is 1. The van der Waals surface area contributed by atoms with Crippen molar-refractivity contribution in [2.24, 2.45) is 0 Å². The third kappa shape index (κ3) is 3.80. The highest BCUT2D eigenvalue weighted by Crippen LogP contribution is 2.28. The minimum atomic E-state index is -3.76. The number of aromatic nitrogens is 1. The van der Waals surface area contributed by atoms with E-state index in [1.54, 1.807) is 37.3 Å². The van der Waals surface area contributed by atoms with E-state index < -0.39 is 10.0 Å². The number of hydrogen-bond donors (Lipinski definition) is 1. The molecule has 0 amide bonds. The second kappa shape index (κ2) is 7.09. The second-order valence-corrected chi connectivity index (χ2v) is 7.17. The van der Waals surface area contributed by atoms with Crippen LogP contribution in [0.2, 0.25) is 0 Å². The Morgan fingerprint density at radius 3 is 2.12 bits per heavy atom. The molecule has 0 spiro atoms. The lowest BCUT2D eigenvalue weighted by atomic mass is 10.2. The number of aryl methyl sites for hydroxylation is 1. The Labute approximate surface area is 151 Å². The second-order valence-electron chi connectivity index (χ2n) is 5.48. The van der Waals surface area contributed by atoms with Crippen molar-refractivity contribution in [3.8, 4) is 22.8 Å². The predicted octanol–water partition coefficient (Wildman–Crippen LogP) is 3.47. The van der Waals surface area contributed by atoms with Crippen molar-refractivity contribution in [1.82, 2.24) is 4.98 Å². The minimum Gasteiger partial charge on any atom is -0.497 e. The van der Waals surface area contributed by atoms with Crippen molar-refractivity contribution in [3.63, 3.8) is 0 Å². The summed E-state index contributed by atoms with van der Waals surface area (Å²) in [5.41, 5.74) is 1.76. The summed E-state index contributed by atoms with van der Waals surface area (Å²) < 4.78 is 43.3. The van der Waals surface area contributed by atoms with Crippen molar-refractivity contribution in [1.29, 1.82) is 0 Å². The van der Waals surface area contributed by atoms with E-state index >= 15 is 0 Å². The molecule has 0 fully saturated rings. The van der Waals surface area contributed by atoms with Gasteiger partial charge in [-0.2, -0.15) is 0 Å². The number of ether oxygens (including phenoxy) is 2. The first kappa shape index (κ1) is 17.8. The van der Waals surface area contributed by atoms with Crippen LogP contribution in [0.1, 0.15) is 5.89 Å². The third-order valence-corrected chi connectivity index (χ3v) is 5.08. The Bertz CT molecular complexity index is 988. The largest absolute Gasteiger partial charge is 0.497 e. The quantitative estimate of drug-likeness (QED) is 0.710. The van der Waals surface area contributed by atoms with Crippen LogP contribution >= 0.6 is 0 Å². The first-order valence-corrected chi connectivity index (χ1v) is 9.18. The summed E-state index contributed by atoms with van der Waals surface area (Å²) in [6.45, 7) is 1.74. The van der Waals surface area contributed by atoms with Gasteiger partial charge in [0, 0.05) is 30.7 Å². The van der Waals surface area contributed by atoms with Crippen LogP contribution in [0, 0.1) is 6.92 Å². The summed E-state index contributed by atoms with van der Waals surface area (Å²) in [5, 5.41) is 0. The highest BCUT2D eigenvalue weighted by Gasteiger charge is 2.16. The molecule has 3 rings (SSSR count). The van der Waals surface area contributed by atoms with Gasteiger partial charge in [-0.3, -0.25) is 4.72 Å². The number of hydrogen-bond acceptors (Lipinski definition) is 6. The van der Waals surface area contributed by atoms with Gasteiger partial charge < -0.3 is 13.9 Å². The lowest BCUT2D eigenvalue weighted by Crippen LogP contribution is -2.13. The number of anilines is 1. The van der Waals surface area contributed by atoms with Crippen LogP contribution in [-0.4, -0.2) is 27.6 Å². The molecule has 0 aliphatic carbocycles. The Morgan fingerprint density at radius 2 is 1.62 bits per heavy atom. The highest BCUT2D eigenvalue weighted by atomic mass is 32.2. The maximum atomic E-state index is 12.6. The zero-order chi connectivity index (χ0) is 18.7. The molecule has 0 aliphatic rings. The molecule has 1 aromatic heterocycles. The molecule has 0 saturated carbocycles. The van der Waals surface area contributed by atoms with Crippen molar-refractivity contribution in [3.05, 3.63) is 54.6 Å². The molecule has 0 saturated heterocycles. The average molecular weight is 374 g/mol. The molecule has 0 aliphatic heterocycles. The molecule has 26 heavy (non-hydrogen) atoms. The number of benzene rings is 2. The van der Waals surface area contributed by atoms with Gasteiger partial charge in [-0.05, 0) is 12.1 Å². The smallest absolute Gasteiger partial charge is 0.261 e. The van der Waals surface area contributed by atoms with Gasteiger partial charge in [0.1, 0.15) is 23.5 Å². The maximum absolute atomic E-state index is 12.6. The van der Waals surface area contributed by atoms with E-state index in [1.807, 2.05) is 0 Å². The summed E-state index contributed by atoms with van der Waals surface area (Å²) in [4.78, 5) is 4.35. The number of methoxy groups -OCH3 is 2. The average Bonchev–Trinajstić information content (AvgIpc) is 3.07. The molecule has 0 bridgehead atoms. The van der Waals surface area contributed by atoms with Gasteiger partial charge in [0.15, 0.2) is 5.89 Å². The molecular weight excluding hydrogens is 356 g/mol. The van der Waals surface area contributed by atoms with Gasteiger partial charge in [0.05, 0.1) is 24.8 Å². The Morgan fingerprint density at radius 1 is 1.00 bits per heavy atom. The first-order valence-electron chi connectivity index (χ1n) is 7.70. The monoisotopic (exact) mass is 374 g/mol. The zero-order valence-electron chi connectivity index (χ0n) is 14.5. The van der Waals surface area contributed by atoms with Crippen LogP contribution in [0.15, 0.2) is 58.0 Å². The molecule has 0 unspecified atom stereocenters. The SMILES string of the molecule is COc1cc(NS(=O)(=O)c2ccc(-c3coc(C)n3)cc2)cc(OC)c1. The molecule has 7 nitrogen and oxygen atoms in total. The van der Waals surface area contributed by atoms with E-state index in [0.29, 0.717) is 28.8 Å². The van der Waals surface area contributed by atoms with Crippen LogP contribution in [-0.2, 0) is 10.0 Å². The van der Waals surface area contributed by atoms with E-state index in [2.05, 4.69) is 9.71 Å². The first-order chi connectivity index (χ1) is 12.4. The summed E-state index contributed by atoms with van der Waals surface area (Å²) in [5.74, 6) is 1.52. The predicted molar refractivity (Wildman–Crippen MR) is 97.0 cm³/mol. The van der Waals surface area contributed by atoms with Gasteiger partial charge in [-0.1, -0.05) is 12.1 Å². The third-order valence-electron chi connectivity index (χ3n) is 3.68. The molecule has 1 heterocycles. The molecule has 2 aromatic carbocycles. The Hall–Kier alpha value is -3.00. The highest BCUT2D eigenvalue weighted by molar-refractivity contribution is 7.92. The lowest BCUT2D eigenvalue weighted by molar-refractivity contribution is 0.395. The molecule has 136 valence electrons. The number of nitrogens with one attached hydrogen (secondary N) is 1. The fraction of sp³-hybridized carbons (Fsp3) is 0.167. The van der Waals surface area contributed by atoms with Gasteiger partial charge in [-0.15, -0.1) is 0 Å². The van der Waals surface area contributed by atoms with E-state index in [1.165, 1.54) is 32.6 Å². The van der Waals surface area contributed by atoms with Crippen molar-refractivity contribution in [2.45, 2.75) is 11.8 Å². The van der Waals surface area contributed by atoms with Gasteiger partial charge in [0.25, 0.3) is 10.0 Å². The minimum absolute atomic E-state index is 0.128.